The number of hydrogen-bond donors (Lipinski definition) is 0. The van der Waals surface area contributed by atoms with Crippen molar-refractivity contribution >= 4 is 28.3 Å². The molecule has 0 aromatic heterocycles. The van der Waals surface area contributed by atoms with Gasteiger partial charge in [-0.25, -0.2) is 0 Å². The van der Waals surface area contributed by atoms with Crippen LogP contribution in [0.2, 0.25) is 0 Å². The first-order valence-corrected chi connectivity index (χ1v) is 4.57. The molecule has 12 heavy (non-hydrogen) atoms. The van der Waals surface area contributed by atoms with Gasteiger partial charge in [0.05, 0.1) is 5.69 Å². The molecule has 3 nitrogen and oxygen atoms in total. The molecule has 1 rings (SSSR count). The molecule has 0 aliphatic rings. The van der Waals surface area contributed by atoms with Gasteiger partial charge in [0.15, 0.2) is 0 Å². The third kappa shape index (κ3) is 2.96. The number of alkyl halides is 1. The molecule has 4 heteroatoms. The molecule has 1 aromatic rings. The van der Waals surface area contributed by atoms with E-state index >= 15 is 0 Å². The minimum atomic E-state index is -0.400. The van der Waals surface area contributed by atoms with Crippen molar-refractivity contribution in [2.45, 2.75) is 4.05 Å². The highest BCUT2D eigenvalue weighted by molar-refractivity contribution is 14.1. The zero-order valence-electron chi connectivity index (χ0n) is 6.18. The second kappa shape index (κ2) is 4.83. The zero-order valence-corrected chi connectivity index (χ0v) is 8.34. The molecule has 1 aromatic carbocycles. The first-order valence-electron chi connectivity index (χ1n) is 3.32. The molecule has 0 saturated heterocycles. The van der Waals surface area contributed by atoms with E-state index in [0.29, 0.717) is 0 Å². The van der Waals surface area contributed by atoms with E-state index in [0.717, 1.165) is 5.69 Å². The lowest BCUT2D eigenvalue weighted by atomic mass is 10.3. The fourth-order valence-corrected chi connectivity index (χ4v) is 0.762. The van der Waals surface area contributed by atoms with Crippen molar-refractivity contribution in [3.8, 4) is 6.07 Å². The summed E-state index contributed by atoms with van der Waals surface area (Å²) in [5.74, 6) is 0. The maximum absolute atomic E-state index is 8.40. The van der Waals surface area contributed by atoms with Crippen LogP contribution >= 0.6 is 22.6 Å². The standard InChI is InChI=1S/C8H6IN3/c9-8(6-10)12-11-7-4-2-1-3-5-7/h1-5,8H. The summed E-state index contributed by atoms with van der Waals surface area (Å²) in [5.41, 5.74) is 0.773. The summed E-state index contributed by atoms with van der Waals surface area (Å²) in [7, 11) is 0. The Bertz CT molecular complexity index is 302. The number of benzene rings is 1. The van der Waals surface area contributed by atoms with Crippen molar-refractivity contribution in [3.63, 3.8) is 0 Å². The van der Waals surface area contributed by atoms with Crippen LogP contribution in [0.25, 0.3) is 0 Å². The van der Waals surface area contributed by atoms with Gasteiger partial charge in [-0.15, -0.1) is 0 Å². The van der Waals surface area contributed by atoms with Gasteiger partial charge in [0, 0.05) is 0 Å². The van der Waals surface area contributed by atoms with Crippen molar-refractivity contribution in [2.75, 3.05) is 0 Å². The maximum atomic E-state index is 8.40. The third-order valence-electron chi connectivity index (χ3n) is 1.14. The molecule has 0 spiro atoms. The Hall–Kier alpha value is -0.960. The Labute approximate surface area is 84.3 Å². The summed E-state index contributed by atoms with van der Waals surface area (Å²) < 4.78 is -0.400. The van der Waals surface area contributed by atoms with E-state index in [4.69, 9.17) is 5.26 Å². The number of azo groups is 1. The van der Waals surface area contributed by atoms with E-state index in [9.17, 15) is 0 Å². The van der Waals surface area contributed by atoms with E-state index in [1.165, 1.54) is 0 Å². The Balaban J connectivity index is 2.65. The predicted molar refractivity (Wildman–Crippen MR) is 54.4 cm³/mol. The van der Waals surface area contributed by atoms with Crippen molar-refractivity contribution in [3.05, 3.63) is 30.3 Å². The minimum Gasteiger partial charge on any atom is -0.195 e. The molecule has 0 N–H and O–H groups in total. The van der Waals surface area contributed by atoms with Crippen LogP contribution in [-0.4, -0.2) is 4.05 Å². The highest BCUT2D eigenvalue weighted by atomic mass is 127. The monoisotopic (exact) mass is 271 g/mol. The Morgan fingerprint density at radius 3 is 2.58 bits per heavy atom. The van der Waals surface area contributed by atoms with Gasteiger partial charge in [0.1, 0.15) is 6.07 Å². The van der Waals surface area contributed by atoms with E-state index in [1.807, 2.05) is 59.0 Å². The van der Waals surface area contributed by atoms with E-state index in [-0.39, 0.29) is 0 Å². The van der Waals surface area contributed by atoms with Crippen LogP contribution < -0.4 is 0 Å². The Morgan fingerprint density at radius 1 is 1.33 bits per heavy atom. The molecule has 1 unspecified atom stereocenters. The number of halogens is 1. The summed E-state index contributed by atoms with van der Waals surface area (Å²) in [4.78, 5) is 0. The molecule has 0 radical (unpaired) electrons. The lowest BCUT2D eigenvalue weighted by Crippen LogP contribution is -1.81. The summed E-state index contributed by atoms with van der Waals surface area (Å²) in [6.45, 7) is 0. The number of hydrogen-bond acceptors (Lipinski definition) is 3. The van der Waals surface area contributed by atoms with Gasteiger partial charge >= 0.3 is 0 Å². The van der Waals surface area contributed by atoms with Crippen molar-refractivity contribution in [1.82, 2.24) is 0 Å². The quantitative estimate of drug-likeness (QED) is 0.353. The average molecular weight is 271 g/mol. The largest absolute Gasteiger partial charge is 0.207 e. The van der Waals surface area contributed by atoms with E-state index in [2.05, 4.69) is 10.2 Å². The van der Waals surface area contributed by atoms with Crippen molar-refractivity contribution < 1.29 is 0 Å². The van der Waals surface area contributed by atoms with Crippen LogP contribution in [0.15, 0.2) is 40.6 Å². The highest BCUT2D eigenvalue weighted by Gasteiger charge is 1.94. The smallest absolute Gasteiger partial charge is 0.195 e. The first kappa shape index (κ1) is 9.13. The molecule has 0 bridgehead atoms. The number of nitrogens with zero attached hydrogens (tertiary/aromatic N) is 3. The molecule has 0 heterocycles. The topological polar surface area (TPSA) is 48.5 Å². The third-order valence-corrected chi connectivity index (χ3v) is 1.66. The van der Waals surface area contributed by atoms with Gasteiger partial charge in [-0.2, -0.15) is 15.5 Å². The normalized spacial score (nSPS) is 12.7. The predicted octanol–water partition coefficient (Wildman–Crippen LogP) is 3.05. The minimum absolute atomic E-state index is 0.400. The summed E-state index contributed by atoms with van der Waals surface area (Å²) >= 11 is 1.91. The molecule has 0 aliphatic heterocycles. The van der Waals surface area contributed by atoms with Crippen LogP contribution in [-0.2, 0) is 0 Å². The number of rotatable bonds is 2. The fraction of sp³-hybridized carbons (Fsp3) is 0.125. The molecule has 60 valence electrons. The second-order valence-corrected chi connectivity index (χ2v) is 3.20. The fourth-order valence-electron chi connectivity index (χ4n) is 0.638. The van der Waals surface area contributed by atoms with E-state index in [1.54, 1.807) is 0 Å². The SMILES string of the molecule is N#CC(I)N=Nc1ccccc1. The molecule has 0 saturated carbocycles. The zero-order chi connectivity index (χ0) is 8.81. The lowest BCUT2D eigenvalue weighted by molar-refractivity contribution is 1.05. The first-order chi connectivity index (χ1) is 5.83. The molecule has 0 amide bonds. The van der Waals surface area contributed by atoms with Crippen LogP contribution in [0, 0.1) is 11.3 Å². The van der Waals surface area contributed by atoms with Gasteiger partial charge in [-0.3, -0.25) is 0 Å². The van der Waals surface area contributed by atoms with Crippen LogP contribution in [0.1, 0.15) is 0 Å². The molecular weight excluding hydrogens is 265 g/mol. The summed E-state index contributed by atoms with van der Waals surface area (Å²) in [6.07, 6.45) is 0. The highest BCUT2D eigenvalue weighted by Crippen LogP contribution is 2.12. The van der Waals surface area contributed by atoms with Gasteiger partial charge in [0.2, 0.25) is 4.05 Å². The molecule has 0 fully saturated rings. The molecule has 1 atom stereocenters. The number of nitriles is 1. The van der Waals surface area contributed by atoms with Gasteiger partial charge in [-0.05, 0) is 34.7 Å². The van der Waals surface area contributed by atoms with Crippen LogP contribution in [0.3, 0.4) is 0 Å². The van der Waals surface area contributed by atoms with Crippen molar-refractivity contribution in [1.29, 1.82) is 5.26 Å². The van der Waals surface area contributed by atoms with Crippen LogP contribution in [0.5, 0.6) is 0 Å². The Morgan fingerprint density at radius 2 is 2.00 bits per heavy atom. The lowest BCUT2D eigenvalue weighted by Gasteiger charge is -1.90. The van der Waals surface area contributed by atoms with Crippen LogP contribution in [0.4, 0.5) is 5.69 Å². The van der Waals surface area contributed by atoms with Gasteiger partial charge in [0.25, 0.3) is 0 Å². The van der Waals surface area contributed by atoms with Gasteiger partial charge in [-0.1, -0.05) is 18.2 Å². The van der Waals surface area contributed by atoms with Gasteiger partial charge < -0.3 is 0 Å². The maximum Gasteiger partial charge on any atom is 0.207 e. The molecule has 0 aliphatic carbocycles. The summed E-state index contributed by atoms with van der Waals surface area (Å²) in [6, 6.07) is 11.3. The van der Waals surface area contributed by atoms with Crippen molar-refractivity contribution in [2.24, 2.45) is 10.2 Å². The average Bonchev–Trinajstić information content (AvgIpc) is 2.16. The van der Waals surface area contributed by atoms with E-state index < -0.39 is 4.05 Å². The summed E-state index contributed by atoms with van der Waals surface area (Å²) in [5, 5.41) is 16.0. The Kier molecular flexibility index (Phi) is 3.67. The molecular formula is C8H6IN3. The second-order valence-electron chi connectivity index (χ2n) is 2.02.